The first-order valence-corrected chi connectivity index (χ1v) is 4.94. The molecule has 88 valence electrons. The lowest BCUT2D eigenvalue weighted by atomic mass is 10.1. The van der Waals surface area contributed by atoms with E-state index in [1.54, 1.807) is 21.0 Å². The van der Waals surface area contributed by atoms with Crippen molar-refractivity contribution in [3.63, 3.8) is 0 Å². The number of aryl methyl sites for hydroxylation is 1. The first-order chi connectivity index (χ1) is 7.41. The number of nitrogens with one attached hydrogen (secondary N) is 2. The van der Waals surface area contributed by atoms with Gasteiger partial charge in [-0.05, 0) is 13.3 Å². The summed E-state index contributed by atoms with van der Waals surface area (Å²) in [6.07, 6.45) is 0.581. The van der Waals surface area contributed by atoms with Crippen molar-refractivity contribution in [2.45, 2.75) is 19.8 Å². The van der Waals surface area contributed by atoms with Gasteiger partial charge in [0.15, 0.2) is 0 Å². The summed E-state index contributed by atoms with van der Waals surface area (Å²) in [5, 5.41) is 0. The minimum absolute atomic E-state index is 0.0509. The monoisotopic (exact) mass is 225 g/mol. The molecule has 1 aromatic rings. The molecule has 0 aliphatic heterocycles. The summed E-state index contributed by atoms with van der Waals surface area (Å²) in [7, 11) is 3.32. The van der Waals surface area contributed by atoms with E-state index in [1.165, 1.54) is 4.90 Å². The van der Waals surface area contributed by atoms with E-state index in [1.807, 2.05) is 0 Å². The fourth-order valence-electron chi connectivity index (χ4n) is 1.38. The molecule has 1 amide bonds. The first kappa shape index (κ1) is 12.2. The van der Waals surface area contributed by atoms with E-state index in [0.29, 0.717) is 17.7 Å². The van der Waals surface area contributed by atoms with Gasteiger partial charge in [-0.3, -0.25) is 14.6 Å². The van der Waals surface area contributed by atoms with Gasteiger partial charge in [0.25, 0.3) is 5.56 Å². The van der Waals surface area contributed by atoms with E-state index >= 15 is 0 Å². The number of carbonyl (C=O) groups excluding carboxylic acids is 1. The predicted octanol–water partition coefficient (Wildman–Crippen LogP) is -0.608. The van der Waals surface area contributed by atoms with Crippen LogP contribution in [0.3, 0.4) is 0 Å². The van der Waals surface area contributed by atoms with E-state index in [2.05, 4.69) is 9.97 Å². The Morgan fingerprint density at radius 2 is 1.88 bits per heavy atom. The van der Waals surface area contributed by atoms with Crippen molar-refractivity contribution in [1.29, 1.82) is 0 Å². The third-order valence-electron chi connectivity index (χ3n) is 2.34. The van der Waals surface area contributed by atoms with Crippen molar-refractivity contribution >= 4 is 5.91 Å². The molecule has 0 fully saturated rings. The van der Waals surface area contributed by atoms with Crippen LogP contribution in [0.1, 0.15) is 17.7 Å². The molecule has 16 heavy (non-hydrogen) atoms. The second kappa shape index (κ2) is 4.78. The zero-order chi connectivity index (χ0) is 12.3. The van der Waals surface area contributed by atoms with Crippen LogP contribution < -0.4 is 11.2 Å². The fraction of sp³-hybridized carbons (Fsp3) is 0.500. The normalized spacial score (nSPS) is 10.2. The molecule has 0 aromatic carbocycles. The van der Waals surface area contributed by atoms with Gasteiger partial charge in [-0.15, -0.1) is 0 Å². The lowest BCUT2D eigenvalue weighted by molar-refractivity contribution is -0.128. The van der Waals surface area contributed by atoms with Crippen LogP contribution in [0.15, 0.2) is 9.59 Å². The second-order valence-electron chi connectivity index (χ2n) is 3.80. The van der Waals surface area contributed by atoms with Crippen LogP contribution in [0.4, 0.5) is 0 Å². The Hall–Kier alpha value is -1.85. The minimum atomic E-state index is -0.523. The SMILES string of the molecule is Cc1[nH]c(=O)[nH]c(=O)c1CCC(=O)N(C)C. The van der Waals surface area contributed by atoms with Crippen molar-refractivity contribution in [1.82, 2.24) is 14.9 Å². The Bertz CT molecular complexity index is 499. The number of aromatic amines is 2. The largest absolute Gasteiger partial charge is 0.349 e. The van der Waals surface area contributed by atoms with Gasteiger partial charge in [-0.2, -0.15) is 0 Å². The average molecular weight is 225 g/mol. The van der Waals surface area contributed by atoms with Gasteiger partial charge < -0.3 is 9.88 Å². The van der Waals surface area contributed by atoms with E-state index in [-0.39, 0.29) is 12.3 Å². The summed E-state index contributed by atoms with van der Waals surface area (Å²) in [5.41, 5.74) is 0.0214. The van der Waals surface area contributed by atoms with Crippen molar-refractivity contribution in [3.8, 4) is 0 Å². The number of nitrogens with zero attached hydrogens (tertiary/aromatic N) is 1. The summed E-state index contributed by atoms with van der Waals surface area (Å²) in [6.45, 7) is 1.64. The molecule has 6 heteroatoms. The van der Waals surface area contributed by atoms with Gasteiger partial charge in [-0.25, -0.2) is 4.79 Å². The van der Waals surface area contributed by atoms with Gasteiger partial charge in [0.2, 0.25) is 5.91 Å². The molecule has 0 saturated carbocycles. The number of hydrogen-bond donors (Lipinski definition) is 2. The van der Waals surface area contributed by atoms with Crippen LogP contribution in [0.25, 0.3) is 0 Å². The number of amides is 1. The molecule has 0 radical (unpaired) electrons. The van der Waals surface area contributed by atoms with E-state index in [9.17, 15) is 14.4 Å². The molecule has 1 heterocycles. The second-order valence-corrected chi connectivity index (χ2v) is 3.80. The first-order valence-electron chi connectivity index (χ1n) is 4.94. The highest BCUT2D eigenvalue weighted by Crippen LogP contribution is 2.01. The zero-order valence-corrected chi connectivity index (χ0v) is 9.59. The summed E-state index contributed by atoms with van der Waals surface area (Å²) in [6, 6.07) is 0. The maximum atomic E-state index is 11.4. The maximum Gasteiger partial charge on any atom is 0.325 e. The van der Waals surface area contributed by atoms with Gasteiger partial charge in [-0.1, -0.05) is 0 Å². The lowest BCUT2D eigenvalue weighted by Gasteiger charge is -2.10. The fourth-order valence-corrected chi connectivity index (χ4v) is 1.38. The molecule has 1 rings (SSSR count). The zero-order valence-electron chi connectivity index (χ0n) is 9.59. The van der Waals surface area contributed by atoms with Crippen molar-refractivity contribution in [2.24, 2.45) is 0 Å². The molecule has 0 bridgehead atoms. The highest BCUT2D eigenvalue weighted by atomic mass is 16.2. The molecule has 6 nitrogen and oxygen atoms in total. The number of H-pyrrole nitrogens is 2. The summed E-state index contributed by atoms with van der Waals surface area (Å²) in [5.74, 6) is -0.0509. The van der Waals surface area contributed by atoms with Gasteiger partial charge in [0.05, 0.1) is 0 Å². The summed E-state index contributed by atoms with van der Waals surface area (Å²) >= 11 is 0. The van der Waals surface area contributed by atoms with Crippen LogP contribution in [0.5, 0.6) is 0 Å². The van der Waals surface area contributed by atoms with Crippen LogP contribution in [-0.2, 0) is 11.2 Å². The van der Waals surface area contributed by atoms with E-state index in [0.717, 1.165) is 0 Å². The Balaban J connectivity index is 2.87. The van der Waals surface area contributed by atoms with Crippen LogP contribution >= 0.6 is 0 Å². The average Bonchev–Trinajstić information content (AvgIpc) is 2.15. The maximum absolute atomic E-state index is 11.4. The van der Waals surface area contributed by atoms with Crippen LogP contribution in [0.2, 0.25) is 0 Å². The van der Waals surface area contributed by atoms with Crippen LogP contribution in [0, 0.1) is 6.92 Å². The highest BCUT2D eigenvalue weighted by Gasteiger charge is 2.09. The van der Waals surface area contributed by atoms with Gasteiger partial charge in [0.1, 0.15) is 0 Å². The third-order valence-corrected chi connectivity index (χ3v) is 2.34. The summed E-state index contributed by atoms with van der Waals surface area (Å²) in [4.78, 5) is 39.8. The van der Waals surface area contributed by atoms with Crippen molar-refractivity contribution < 1.29 is 4.79 Å². The molecule has 0 aliphatic rings. The number of hydrogen-bond acceptors (Lipinski definition) is 3. The Kier molecular flexibility index (Phi) is 3.65. The quantitative estimate of drug-likeness (QED) is 0.719. The van der Waals surface area contributed by atoms with Gasteiger partial charge >= 0.3 is 5.69 Å². The Morgan fingerprint density at radius 3 is 2.38 bits per heavy atom. The third kappa shape index (κ3) is 2.82. The molecule has 0 unspecified atom stereocenters. The molecular formula is C10H15N3O3. The number of aromatic nitrogens is 2. The lowest BCUT2D eigenvalue weighted by Crippen LogP contribution is -2.28. The van der Waals surface area contributed by atoms with Crippen molar-refractivity contribution in [2.75, 3.05) is 14.1 Å². The molecule has 0 saturated heterocycles. The topological polar surface area (TPSA) is 86.0 Å². The molecular weight excluding hydrogens is 210 g/mol. The standard InChI is InChI=1S/C10H15N3O3/c1-6-7(4-5-8(14)13(2)3)9(15)12-10(16)11-6/h4-5H2,1-3H3,(H2,11,12,15,16). The molecule has 0 atom stereocenters. The van der Waals surface area contributed by atoms with E-state index in [4.69, 9.17) is 0 Å². The number of carbonyl (C=O) groups is 1. The van der Waals surface area contributed by atoms with Gasteiger partial charge in [0, 0.05) is 31.8 Å². The Morgan fingerprint density at radius 1 is 1.25 bits per heavy atom. The minimum Gasteiger partial charge on any atom is -0.349 e. The van der Waals surface area contributed by atoms with E-state index < -0.39 is 11.2 Å². The van der Waals surface area contributed by atoms with Crippen LogP contribution in [-0.4, -0.2) is 34.9 Å². The number of rotatable bonds is 3. The molecule has 1 aromatic heterocycles. The summed E-state index contributed by atoms with van der Waals surface area (Å²) < 4.78 is 0. The smallest absolute Gasteiger partial charge is 0.325 e. The molecule has 2 N–H and O–H groups in total. The molecule has 0 spiro atoms. The highest BCUT2D eigenvalue weighted by molar-refractivity contribution is 5.75. The van der Waals surface area contributed by atoms with Crippen molar-refractivity contribution in [3.05, 3.63) is 32.1 Å². The predicted molar refractivity (Wildman–Crippen MR) is 59.4 cm³/mol. The molecule has 0 aliphatic carbocycles. The Labute approximate surface area is 92.3 Å².